The number of nitrogens with one attached hydrogen (secondary N) is 1. The van der Waals surface area contributed by atoms with Crippen molar-refractivity contribution in [3.63, 3.8) is 0 Å². The molecule has 3 N–H and O–H groups in total. The molecule has 1 saturated heterocycles. The number of hydrogen-bond donors (Lipinski definition) is 2. The number of amides is 2. The van der Waals surface area contributed by atoms with Crippen molar-refractivity contribution in [2.75, 3.05) is 11.4 Å². The first kappa shape index (κ1) is 22.7. The van der Waals surface area contributed by atoms with Gasteiger partial charge in [0, 0.05) is 0 Å². The fourth-order valence-electron chi connectivity index (χ4n) is 3.10. The van der Waals surface area contributed by atoms with E-state index in [1.807, 2.05) is 0 Å². The smallest absolute Gasteiger partial charge is 0.406 e. The van der Waals surface area contributed by atoms with E-state index in [1.165, 1.54) is 24.3 Å². The minimum Gasteiger partial charge on any atom is -0.406 e. The van der Waals surface area contributed by atoms with Gasteiger partial charge < -0.3 is 10.1 Å². The summed E-state index contributed by atoms with van der Waals surface area (Å²) in [6.07, 6.45) is -4.47. The number of carbonyl (C=O) groups excluding carboxylic acids is 2. The van der Waals surface area contributed by atoms with Crippen molar-refractivity contribution in [2.45, 2.75) is 30.1 Å². The zero-order chi connectivity index (χ0) is 22.8. The van der Waals surface area contributed by atoms with Crippen molar-refractivity contribution in [2.24, 2.45) is 5.14 Å². The van der Waals surface area contributed by atoms with Gasteiger partial charge in [-0.2, -0.15) is 0 Å². The number of anilines is 1. The van der Waals surface area contributed by atoms with Crippen LogP contribution < -0.4 is 20.1 Å². The molecule has 12 heteroatoms. The number of nitrogens with two attached hydrogens (primary N) is 1. The largest absolute Gasteiger partial charge is 0.573 e. The van der Waals surface area contributed by atoms with E-state index in [0.29, 0.717) is 13.0 Å². The third-order valence-electron chi connectivity index (χ3n) is 4.53. The number of halogens is 3. The SMILES string of the molecule is NS(=O)(=O)c1ccc(CCN[C@@H]2CC(=O)N(c3ccc(OC(F)(F)F)cc3)C2=O)cc1. The second kappa shape index (κ2) is 8.65. The van der Waals surface area contributed by atoms with Crippen molar-refractivity contribution in [1.82, 2.24) is 5.32 Å². The molecule has 8 nitrogen and oxygen atoms in total. The Labute approximate surface area is 175 Å². The van der Waals surface area contributed by atoms with Crippen LogP contribution in [-0.4, -0.2) is 39.2 Å². The van der Waals surface area contributed by atoms with Gasteiger partial charge in [-0.15, -0.1) is 13.2 Å². The zero-order valence-corrected chi connectivity index (χ0v) is 16.7. The Hall–Kier alpha value is -2.96. The van der Waals surface area contributed by atoms with Crippen LogP contribution in [0.5, 0.6) is 5.75 Å². The van der Waals surface area contributed by atoms with E-state index >= 15 is 0 Å². The standard InChI is InChI=1S/C19H18F3N3O5S/c20-19(21,22)30-14-5-3-13(4-6-14)25-17(26)11-16(18(25)27)24-10-9-12-1-7-15(8-2-12)31(23,28)29/h1-8,16,24H,9-11H2,(H2,23,28,29)/t16-/m1/s1. The van der Waals surface area contributed by atoms with E-state index in [-0.39, 0.29) is 17.0 Å². The van der Waals surface area contributed by atoms with E-state index in [0.717, 1.165) is 22.6 Å². The molecule has 0 aliphatic carbocycles. The maximum atomic E-state index is 12.6. The number of primary sulfonamides is 1. The second-order valence-corrected chi connectivity index (χ2v) is 8.32. The van der Waals surface area contributed by atoms with Crippen molar-refractivity contribution >= 4 is 27.5 Å². The molecule has 0 saturated carbocycles. The number of nitrogens with zero attached hydrogens (tertiary/aromatic N) is 1. The molecule has 31 heavy (non-hydrogen) atoms. The molecular formula is C19H18F3N3O5S. The molecule has 1 heterocycles. The number of sulfonamides is 1. The normalized spacial score (nSPS) is 17.3. The number of rotatable bonds is 7. The lowest BCUT2D eigenvalue weighted by Gasteiger charge is -2.16. The highest BCUT2D eigenvalue weighted by Gasteiger charge is 2.39. The van der Waals surface area contributed by atoms with Crippen LogP contribution >= 0.6 is 0 Å². The van der Waals surface area contributed by atoms with Gasteiger partial charge in [-0.25, -0.2) is 18.5 Å². The van der Waals surface area contributed by atoms with Crippen LogP contribution in [-0.2, 0) is 26.0 Å². The van der Waals surface area contributed by atoms with Gasteiger partial charge in [-0.05, 0) is 54.9 Å². The van der Waals surface area contributed by atoms with Crippen molar-refractivity contribution in [1.29, 1.82) is 0 Å². The first-order valence-electron chi connectivity index (χ1n) is 9.02. The molecule has 1 aliphatic rings. The third-order valence-corrected chi connectivity index (χ3v) is 5.46. The van der Waals surface area contributed by atoms with Crippen molar-refractivity contribution in [3.05, 3.63) is 54.1 Å². The number of ether oxygens (including phenoxy) is 1. The van der Waals surface area contributed by atoms with E-state index in [9.17, 15) is 31.2 Å². The number of alkyl halides is 3. The Morgan fingerprint density at radius 1 is 1.06 bits per heavy atom. The lowest BCUT2D eigenvalue weighted by atomic mass is 10.1. The lowest BCUT2D eigenvalue weighted by molar-refractivity contribution is -0.274. The topological polar surface area (TPSA) is 119 Å². The van der Waals surface area contributed by atoms with Crippen LogP contribution in [0.15, 0.2) is 53.4 Å². The molecule has 1 fully saturated rings. The van der Waals surface area contributed by atoms with Gasteiger partial charge in [0.1, 0.15) is 5.75 Å². The predicted octanol–water partition coefficient (Wildman–Crippen LogP) is 1.70. The van der Waals surface area contributed by atoms with Crippen LogP contribution in [0, 0.1) is 0 Å². The number of carbonyl (C=O) groups is 2. The van der Waals surface area contributed by atoms with E-state index in [1.54, 1.807) is 12.1 Å². The number of benzene rings is 2. The third kappa shape index (κ3) is 5.81. The van der Waals surface area contributed by atoms with E-state index in [2.05, 4.69) is 10.1 Å². The van der Waals surface area contributed by atoms with Gasteiger partial charge in [0.25, 0.3) is 5.91 Å². The summed E-state index contributed by atoms with van der Waals surface area (Å²) in [5.74, 6) is -1.46. The summed E-state index contributed by atoms with van der Waals surface area (Å²) in [5, 5.41) is 8.01. The molecule has 0 aromatic heterocycles. The van der Waals surface area contributed by atoms with Gasteiger partial charge in [0.15, 0.2) is 0 Å². The quantitative estimate of drug-likeness (QED) is 0.611. The molecule has 0 spiro atoms. The predicted molar refractivity (Wildman–Crippen MR) is 104 cm³/mol. The molecule has 1 aliphatic heterocycles. The molecule has 0 radical (unpaired) electrons. The van der Waals surface area contributed by atoms with Crippen molar-refractivity contribution < 1.29 is 35.9 Å². The van der Waals surface area contributed by atoms with Crippen LogP contribution in [0.1, 0.15) is 12.0 Å². The van der Waals surface area contributed by atoms with Gasteiger partial charge in [-0.1, -0.05) is 12.1 Å². The van der Waals surface area contributed by atoms with Crippen LogP contribution in [0.25, 0.3) is 0 Å². The first-order valence-corrected chi connectivity index (χ1v) is 10.6. The van der Waals surface area contributed by atoms with Gasteiger partial charge in [0.05, 0.1) is 23.0 Å². The fourth-order valence-corrected chi connectivity index (χ4v) is 3.61. The second-order valence-electron chi connectivity index (χ2n) is 6.76. The fraction of sp³-hybridized carbons (Fsp3) is 0.263. The average molecular weight is 457 g/mol. The summed E-state index contributed by atoms with van der Waals surface area (Å²) >= 11 is 0. The maximum absolute atomic E-state index is 12.6. The highest BCUT2D eigenvalue weighted by Crippen LogP contribution is 2.28. The summed E-state index contributed by atoms with van der Waals surface area (Å²) in [7, 11) is -3.78. The van der Waals surface area contributed by atoms with E-state index < -0.39 is 40.0 Å². The Morgan fingerprint density at radius 3 is 2.23 bits per heavy atom. The van der Waals surface area contributed by atoms with Gasteiger partial charge in [0.2, 0.25) is 15.9 Å². The highest BCUT2D eigenvalue weighted by molar-refractivity contribution is 7.89. The van der Waals surface area contributed by atoms with E-state index in [4.69, 9.17) is 5.14 Å². The molecule has 166 valence electrons. The molecule has 1 atom stereocenters. The summed E-state index contributed by atoms with van der Waals surface area (Å²) in [6.45, 7) is 0.338. The molecular weight excluding hydrogens is 439 g/mol. The summed E-state index contributed by atoms with van der Waals surface area (Å²) in [6, 6.07) is 9.62. The Kier molecular flexibility index (Phi) is 6.34. The Balaban J connectivity index is 1.58. The van der Waals surface area contributed by atoms with Gasteiger partial charge >= 0.3 is 6.36 Å². The molecule has 2 aromatic carbocycles. The van der Waals surface area contributed by atoms with Crippen molar-refractivity contribution in [3.8, 4) is 5.75 Å². The Bertz CT molecular complexity index is 1070. The summed E-state index contributed by atoms with van der Waals surface area (Å²) in [5.41, 5.74) is 0.946. The van der Waals surface area contributed by atoms with Crippen LogP contribution in [0.2, 0.25) is 0 Å². The molecule has 2 amide bonds. The minimum atomic E-state index is -4.84. The summed E-state index contributed by atoms with van der Waals surface area (Å²) in [4.78, 5) is 25.7. The van der Waals surface area contributed by atoms with Crippen LogP contribution in [0.3, 0.4) is 0 Å². The summed E-state index contributed by atoms with van der Waals surface area (Å²) < 4.78 is 63.0. The zero-order valence-electron chi connectivity index (χ0n) is 15.9. The molecule has 0 bridgehead atoms. The molecule has 3 rings (SSSR count). The maximum Gasteiger partial charge on any atom is 0.573 e. The lowest BCUT2D eigenvalue weighted by Crippen LogP contribution is -2.39. The monoisotopic (exact) mass is 457 g/mol. The number of imide groups is 1. The molecule has 2 aromatic rings. The first-order chi connectivity index (χ1) is 14.4. The Morgan fingerprint density at radius 2 is 1.68 bits per heavy atom. The molecule has 0 unspecified atom stereocenters. The average Bonchev–Trinajstić information content (AvgIpc) is 2.94. The number of hydrogen-bond acceptors (Lipinski definition) is 6. The highest BCUT2D eigenvalue weighted by atomic mass is 32.2. The van der Waals surface area contributed by atoms with Gasteiger partial charge in [-0.3, -0.25) is 9.59 Å². The van der Waals surface area contributed by atoms with Crippen LogP contribution in [0.4, 0.5) is 18.9 Å². The minimum absolute atomic E-state index is 0.0110.